The number of halogens is 1. The summed E-state index contributed by atoms with van der Waals surface area (Å²) in [5.41, 5.74) is 2.10. The molecule has 3 aromatic rings. The van der Waals surface area contributed by atoms with Gasteiger partial charge in [0.15, 0.2) is 0 Å². The van der Waals surface area contributed by atoms with Gasteiger partial charge in [-0.05, 0) is 55.5 Å². The van der Waals surface area contributed by atoms with E-state index in [1.807, 2.05) is 55.5 Å². The zero-order valence-electron chi connectivity index (χ0n) is 26.2. The van der Waals surface area contributed by atoms with Gasteiger partial charge in [-0.1, -0.05) is 91.5 Å². The summed E-state index contributed by atoms with van der Waals surface area (Å²) in [7, 11) is -3.67. The number of nitrogens with zero attached hydrogens (tertiary/aromatic N) is 2. The molecule has 4 rings (SSSR count). The molecule has 45 heavy (non-hydrogen) atoms. The minimum atomic E-state index is -3.67. The molecule has 1 aliphatic rings. The van der Waals surface area contributed by atoms with E-state index in [2.05, 4.69) is 5.32 Å². The van der Waals surface area contributed by atoms with Crippen molar-refractivity contribution in [2.24, 2.45) is 0 Å². The molecule has 0 bridgehead atoms. The van der Waals surface area contributed by atoms with Crippen LogP contribution in [-0.2, 0) is 32.6 Å². The quantitative estimate of drug-likeness (QED) is 0.206. The van der Waals surface area contributed by atoms with Crippen molar-refractivity contribution in [2.45, 2.75) is 76.9 Å². The van der Waals surface area contributed by atoms with Crippen LogP contribution in [0, 0.1) is 0 Å². The number of ether oxygens (including phenoxy) is 1. The van der Waals surface area contributed by atoms with E-state index in [-0.39, 0.29) is 43.8 Å². The average Bonchev–Trinajstić information content (AvgIpc) is 3.03. The van der Waals surface area contributed by atoms with Crippen LogP contribution in [-0.4, -0.2) is 56.6 Å². The highest BCUT2D eigenvalue weighted by molar-refractivity contribution is 7.92. The summed E-state index contributed by atoms with van der Waals surface area (Å²) in [5.74, 6) is 0.0233. The van der Waals surface area contributed by atoms with Crippen molar-refractivity contribution >= 4 is 39.1 Å². The molecule has 1 saturated carbocycles. The first-order valence-corrected chi connectivity index (χ1v) is 18.0. The molecule has 10 heteroatoms. The minimum absolute atomic E-state index is 0.0370. The highest BCUT2D eigenvalue weighted by atomic mass is 35.5. The van der Waals surface area contributed by atoms with Crippen LogP contribution in [0.4, 0.5) is 5.69 Å². The second-order valence-electron chi connectivity index (χ2n) is 11.5. The van der Waals surface area contributed by atoms with Gasteiger partial charge in [0.25, 0.3) is 0 Å². The molecule has 1 atom stereocenters. The molecule has 1 N–H and O–H groups in total. The molecule has 0 spiro atoms. The van der Waals surface area contributed by atoms with Gasteiger partial charge in [0.05, 0.1) is 18.6 Å². The van der Waals surface area contributed by atoms with E-state index >= 15 is 0 Å². The Balaban J connectivity index is 1.60. The fourth-order valence-corrected chi connectivity index (χ4v) is 7.00. The van der Waals surface area contributed by atoms with Gasteiger partial charge < -0.3 is 15.0 Å². The van der Waals surface area contributed by atoms with Crippen LogP contribution in [0.2, 0.25) is 5.02 Å². The number of rotatable bonds is 15. The molecule has 0 heterocycles. The number of anilines is 1. The van der Waals surface area contributed by atoms with E-state index in [9.17, 15) is 18.0 Å². The lowest BCUT2D eigenvalue weighted by molar-refractivity contribution is -0.141. The van der Waals surface area contributed by atoms with Crippen LogP contribution < -0.4 is 14.4 Å². The lowest BCUT2D eigenvalue weighted by Gasteiger charge is -2.34. The predicted octanol–water partition coefficient (Wildman–Crippen LogP) is 6.37. The summed E-state index contributed by atoms with van der Waals surface area (Å²) in [6.07, 6.45) is 6.91. The zero-order valence-corrected chi connectivity index (χ0v) is 27.7. The summed E-state index contributed by atoms with van der Waals surface area (Å²) in [4.78, 5) is 29.7. The number of amides is 2. The summed E-state index contributed by atoms with van der Waals surface area (Å²) < 4.78 is 32.7. The topological polar surface area (TPSA) is 96.0 Å². The molecular weight excluding hydrogens is 610 g/mol. The highest BCUT2D eigenvalue weighted by Gasteiger charge is 2.32. The van der Waals surface area contributed by atoms with Crippen molar-refractivity contribution in [3.05, 3.63) is 95.0 Å². The molecule has 1 fully saturated rings. The Bertz CT molecular complexity index is 1510. The Hall–Kier alpha value is -3.56. The molecule has 0 radical (unpaired) electrons. The summed E-state index contributed by atoms with van der Waals surface area (Å²) >= 11 is 6.55. The lowest BCUT2D eigenvalue weighted by atomic mass is 9.94. The number of para-hydroxylation sites is 2. The molecule has 1 unspecified atom stereocenters. The van der Waals surface area contributed by atoms with Crippen molar-refractivity contribution in [2.75, 3.05) is 23.7 Å². The maximum absolute atomic E-state index is 14.1. The van der Waals surface area contributed by atoms with Crippen LogP contribution in [0.5, 0.6) is 5.75 Å². The Morgan fingerprint density at radius 2 is 1.62 bits per heavy atom. The molecule has 1 aliphatic carbocycles. The first-order chi connectivity index (χ1) is 21.7. The van der Waals surface area contributed by atoms with Crippen molar-refractivity contribution < 1.29 is 22.7 Å². The molecule has 242 valence electrons. The Morgan fingerprint density at radius 1 is 0.956 bits per heavy atom. The third kappa shape index (κ3) is 9.96. The fourth-order valence-electron chi connectivity index (χ4n) is 5.83. The Kier molecular flexibility index (Phi) is 12.7. The van der Waals surface area contributed by atoms with Crippen LogP contribution in [0.3, 0.4) is 0 Å². The van der Waals surface area contributed by atoms with Crippen LogP contribution in [0.1, 0.15) is 63.0 Å². The molecule has 0 saturated heterocycles. The van der Waals surface area contributed by atoms with Gasteiger partial charge in [0.2, 0.25) is 21.8 Å². The van der Waals surface area contributed by atoms with Crippen molar-refractivity contribution in [1.82, 2.24) is 10.2 Å². The third-order valence-corrected chi connectivity index (χ3v) is 9.66. The van der Waals surface area contributed by atoms with E-state index in [0.717, 1.165) is 49.5 Å². The number of carbonyl (C=O) groups excluding carboxylic acids is 2. The summed E-state index contributed by atoms with van der Waals surface area (Å²) in [6.45, 7) is 2.45. The van der Waals surface area contributed by atoms with Crippen molar-refractivity contribution in [3.8, 4) is 5.75 Å². The SMILES string of the molecule is CCOc1ccccc1N(CCCC(=O)N(Cc1ccccc1Cl)C(Cc1ccccc1)C(=O)NC1CCCCC1)S(C)(=O)=O. The predicted molar refractivity (Wildman–Crippen MR) is 180 cm³/mol. The molecular formula is C35H44ClN3O5S. The van der Waals surface area contributed by atoms with Crippen LogP contribution in [0.25, 0.3) is 0 Å². The van der Waals surface area contributed by atoms with E-state index in [0.29, 0.717) is 29.5 Å². The second-order valence-corrected chi connectivity index (χ2v) is 13.8. The van der Waals surface area contributed by atoms with E-state index in [1.165, 1.54) is 4.31 Å². The maximum atomic E-state index is 14.1. The molecule has 8 nitrogen and oxygen atoms in total. The van der Waals surface area contributed by atoms with Gasteiger partial charge in [-0.3, -0.25) is 13.9 Å². The number of benzene rings is 3. The number of carbonyl (C=O) groups is 2. The van der Waals surface area contributed by atoms with Gasteiger partial charge in [-0.15, -0.1) is 0 Å². The molecule has 2 amide bonds. The van der Waals surface area contributed by atoms with Crippen molar-refractivity contribution in [1.29, 1.82) is 0 Å². The number of sulfonamides is 1. The van der Waals surface area contributed by atoms with Gasteiger partial charge in [-0.2, -0.15) is 0 Å². The number of hydrogen-bond donors (Lipinski definition) is 1. The number of nitrogens with one attached hydrogen (secondary N) is 1. The van der Waals surface area contributed by atoms with Crippen molar-refractivity contribution in [3.63, 3.8) is 0 Å². The average molecular weight is 654 g/mol. The van der Waals surface area contributed by atoms with E-state index in [4.69, 9.17) is 16.3 Å². The lowest BCUT2D eigenvalue weighted by Crippen LogP contribution is -2.53. The summed E-state index contributed by atoms with van der Waals surface area (Å²) in [6, 6.07) is 23.3. The molecule has 0 aromatic heterocycles. The van der Waals surface area contributed by atoms with Crippen LogP contribution in [0.15, 0.2) is 78.9 Å². The standard InChI is InChI=1S/C35H44ClN3O5S/c1-3-44-33-22-13-12-21-31(33)39(45(2,42)43)24-14-23-34(40)38(26-28-17-10-11-20-30(28)36)32(25-27-15-6-4-7-16-27)35(41)37-29-18-8-5-9-19-29/h4,6-7,10-13,15-17,20-22,29,32H,3,5,8-9,14,18-19,23-26H2,1-2H3,(H,37,41). The van der Waals surface area contributed by atoms with Crippen LogP contribution >= 0.6 is 11.6 Å². The largest absolute Gasteiger partial charge is 0.492 e. The number of hydrogen-bond acceptors (Lipinski definition) is 5. The minimum Gasteiger partial charge on any atom is -0.492 e. The summed E-state index contributed by atoms with van der Waals surface area (Å²) in [5, 5.41) is 3.75. The van der Waals surface area contributed by atoms with Gasteiger partial charge in [0, 0.05) is 37.0 Å². The maximum Gasteiger partial charge on any atom is 0.243 e. The van der Waals surface area contributed by atoms with Gasteiger partial charge >= 0.3 is 0 Å². The van der Waals surface area contributed by atoms with Gasteiger partial charge in [0.1, 0.15) is 11.8 Å². The molecule has 3 aromatic carbocycles. The zero-order chi connectivity index (χ0) is 32.2. The van der Waals surface area contributed by atoms with E-state index in [1.54, 1.807) is 35.2 Å². The first kappa shape index (κ1) is 34.3. The highest BCUT2D eigenvalue weighted by Crippen LogP contribution is 2.30. The Morgan fingerprint density at radius 3 is 2.31 bits per heavy atom. The van der Waals surface area contributed by atoms with E-state index < -0.39 is 16.1 Å². The monoisotopic (exact) mass is 653 g/mol. The normalized spacial score (nSPS) is 14.4. The third-order valence-electron chi connectivity index (χ3n) is 8.11. The fraction of sp³-hybridized carbons (Fsp3) is 0.429. The molecule has 0 aliphatic heterocycles. The Labute approximate surface area is 272 Å². The second kappa shape index (κ2) is 16.7. The smallest absolute Gasteiger partial charge is 0.243 e. The van der Waals surface area contributed by atoms with Gasteiger partial charge in [-0.25, -0.2) is 8.42 Å². The first-order valence-electron chi connectivity index (χ1n) is 15.7.